The van der Waals surface area contributed by atoms with Crippen LogP contribution in [-0.2, 0) is 13.1 Å². The first-order chi connectivity index (χ1) is 5.86. The maximum atomic E-state index is 12.1. The predicted octanol–water partition coefficient (Wildman–Crippen LogP) is 1.76. The summed E-state index contributed by atoms with van der Waals surface area (Å²) in [6, 6.07) is 0. The maximum absolute atomic E-state index is 12.1. The van der Waals surface area contributed by atoms with Crippen molar-refractivity contribution in [1.29, 1.82) is 0 Å². The zero-order valence-corrected chi connectivity index (χ0v) is 7.96. The number of nitrogens with zero attached hydrogens (tertiary/aromatic N) is 1. The fourth-order valence-electron chi connectivity index (χ4n) is 0.942. The van der Waals surface area contributed by atoms with E-state index in [1.54, 1.807) is 6.20 Å². The minimum Gasteiger partial charge on any atom is -0.320 e. The molecule has 0 aromatic carbocycles. The third-order valence-electron chi connectivity index (χ3n) is 1.55. The standard InChI is InChI=1S/C8H13FN2S/c1-10-4-2-3-8-11-6-7(5-9)12-8/h6,10H,2-5H2,1H3. The number of aryl methyl sites for hydroxylation is 1. The molecule has 0 spiro atoms. The van der Waals surface area contributed by atoms with Crippen LogP contribution in [0.25, 0.3) is 0 Å². The van der Waals surface area contributed by atoms with Crippen LogP contribution < -0.4 is 5.32 Å². The lowest BCUT2D eigenvalue weighted by Crippen LogP contribution is -2.08. The highest BCUT2D eigenvalue weighted by molar-refractivity contribution is 7.11. The van der Waals surface area contributed by atoms with Gasteiger partial charge in [0.2, 0.25) is 0 Å². The third-order valence-corrected chi connectivity index (χ3v) is 2.57. The van der Waals surface area contributed by atoms with E-state index in [9.17, 15) is 4.39 Å². The molecule has 0 bridgehead atoms. The van der Waals surface area contributed by atoms with E-state index in [2.05, 4.69) is 10.3 Å². The molecule has 68 valence electrons. The predicted molar refractivity (Wildman–Crippen MR) is 49.2 cm³/mol. The lowest BCUT2D eigenvalue weighted by atomic mass is 10.3. The number of hydrogen-bond acceptors (Lipinski definition) is 3. The Morgan fingerprint density at radius 2 is 2.50 bits per heavy atom. The van der Waals surface area contributed by atoms with Gasteiger partial charge in [-0.25, -0.2) is 9.37 Å². The van der Waals surface area contributed by atoms with Gasteiger partial charge in [0.15, 0.2) is 0 Å². The monoisotopic (exact) mass is 188 g/mol. The molecule has 1 aromatic rings. The van der Waals surface area contributed by atoms with Crippen LogP contribution in [0.3, 0.4) is 0 Å². The topological polar surface area (TPSA) is 24.9 Å². The summed E-state index contributed by atoms with van der Waals surface area (Å²) in [5.74, 6) is 0. The Bertz CT molecular complexity index is 225. The van der Waals surface area contributed by atoms with Gasteiger partial charge in [0.05, 0.1) is 9.88 Å². The van der Waals surface area contributed by atoms with E-state index in [4.69, 9.17) is 0 Å². The van der Waals surface area contributed by atoms with Gasteiger partial charge < -0.3 is 5.32 Å². The molecule has 0 radical (unpaired) electrons. The highest BCUT2D eigenvalue weighted by Gasteiger charge is 2.00. The molecule has 0 saturated carbocycles. The molecule has 1 aromatic heterocycles. The molecular weight excluding hydrogens is 175 g/mol. The van der Waals surface area contributed by atoms with Crippen LogP contribution in [-0.4, -0.2) is 18.6 Å². The second kappa shape index (κ2) is 5.22. The van der Waals surface area contributed by atoms with Gasteiger partial charge in [-0.3, -0.25) is 0 Å². The highest BCUT2D eigenvalue weighted by atomic mass is 32.1. The van der Waals surface area contributed by atoms with Crippen molar-refractivity contribution in [3.63, 3.8) is 0 Å². The van der Waals surface area contributed by atoms with Crippen molar-refractivity contribution < 1.29 is 4.39 Å². The number of aromatic nitrogens is 1. The fourth-order valence-corrected chi connectivity index (χ4v) is 1.76. The highest BCUT2D eigenvalue weighted by Crippen LogP contribution is 2.14. The number of alkyl halides is 1. The lowest BCUT2D eigenvalue weighted by Gasteiger charge is -1.94. The summed E-state index contributed by atoms with van der Waals surface area (Å²) in [6.07, 6.45) is 3.64. The van der Waals surface area contributed by atoms with E-state index in [-0.39, 0.29) is 6.67 Å². The van der Waals surface area contributed by atoms with Gasteiger partial charge in [-0.1, -0.05) is 0 Å². The largest absolute Gasteiger partial charge is 0.320 e. The summed E-state index contributed by atoms with van der Waals surface area (Å²) in [5, 5.41) is 4.10. The number of halogens is 1. The fraction of sp³-hybridized carbons (Fsp3) is 0.625. The molecule has 0 unspecified atom stereocenters. The first-order valence-corrected chi connectivity index (χ1v) is 4.82. The Morgan fingerprint density at radius 3 is 3.08 bits per heavy atom. The molecule has 4 heteroatoms. The molecule has 0 aliphatic heterocycles. The first-order valence-electron chi connectivity index (χ1n) is 4.01. The lowest BCUT2D eigenvalue weighted by molar-refractivity contribution is 0.491. The Hall–Kier alpha value is -0.480. The maximum Gasteiger partial charge on any atom is 0.125 e. The van der Waals surface area contributed by atoms with E-state index in [0.29, 0.717) is 0 Å². The van der Waals surface area contributed by atoms with Gasteiger partial charge >= 0.3 is 0 Å². The van der Waals surface area contributed by atoms with Crippen molar-refractivity contribution in [2.45, 2.75) is 19.5 Å². The van der Waals surface area contributed by atoms with Crippen molar-refractivity contribution in [1.82, 2.24) is 10.3 Å². The normalized spacial score (nSPS) is 10.5. The molecule has 2 nitrogen and oxygen atoms in total. The molecule has 0 fully saturated rings. The number of thiazole rings is 1. The molecule has 1 rings (SSSR count). The molecule has 1 N–H and O–H groups in total. The second-order valence-corrected chi connectivity index (χ2v) is 3.76. The van der Waals surface area contributed by atoms with Crippen LogP contribution >= 0.6 is 11.3 Å². The Morgan fingerprint density at radius 1 is 1.67 bits per heavy atom. The van der Waals surface area contributed by atoms with E-state index in [0.717, 1.165) is 29.3 Å². The number of nitrogens with one attached hydrogen (secondary N) is 1. The van der Waals surface area contributed by atoms with Crippen molar-refractivity contribution in [2.75, 3.05) is 13.6 Å². The van der Waals surface area contributed by atoms with Gasteiger partial charge in [-0.15, -0.1) is 11.3 Å². The van der Waals surface area contributed by atoms with Gasteiger partial charge in [-0.2, -0.15) is 0 Å². The Kier molecular flexibility index (Phi) is 4.18. The van der Waals surface area contributed by atoms with Gasteiger partial charge in [-0.05, 0) is 20.0 Å². The van der Waals surface area contributed by atoms with Crippen molar-refractivity contribution in [3.8, 4) is 0 Å². The minimum absolute atomic E-state index is 0.385. The van der Waals surface area contributed by atoms with Gasteiger partial charge in [0.25, 0.3) is 0 Å². The molecule has 0 amide bonds. The SMILES string of the molecule is CNCCCc1ncc(CF)s1. The average molecular weight is 188 g/mol. The summed E-state index contributed by atoms with van der Waals surface area (Å²) in [7, 11) is 1.93. The summed E-state index contributed by atoms with van der Waals surface area (Å²) in [5.41, 5.74) is 0. The van der Waals surface area contributed by atoms with Crippen molar-refractivity contribution in [3.05, 3.63) is 16.1 Å². The van der Waals surface area contributed by atoms with E-state index < -0.39 is 0 Å². The van der Waals surface area contributed by atoms with Crippen molar-refractivity contribution in [2.24, 2.45) is 0 Å². The van der Waals surface area contributed by atoms with Gasteiger partial charge in [0, 0.05) is 12.6 Å². The molecule has 0 saturated heterocycles. The van der Waals surface area contributed by atoms with Crippen molar-refractivity contribution >= 4 is 11.3 Å². The van der Waals surface area contributed by atoms with E-state index in [1.807, 2.05) is 7.05 Å². The summed E-state index contributed by atoms with van der Waals surface area (Å²) in [4.78, 5) is 4.84. The Balaban J connectivity index is 2.31. The second-order valence-electron chi connectivity index (χ2n) is 2.56. The van der Waals surface area contributed by atoms with Gasteiger partial charge in [0.1, 0.15) is 6.67 Å². The van der Waals surface area contributed by atoms with Crippen LogP contribution in [0.2, 0.25) is 0 Å². The van der Waals surface area contributed by atoms with E-state index in [1.165, 1.54) is 11.3 Å². The molecule has 0 atom stereocenters. The Labute approximate surface area is 75.8 Å². The molecule has 0 aliphatic carbocycles. The minimum atomic E-state index is -0.385. The molecule has 12 heavy (non-hydrogen) atoms. The molecule has 0 aliphatic rings. The number of hydrogen-bond donors (Lipinski definition) is 1. The summed E-state index contributed by atoms with van der Waals surface area (Å²) >= 11 is 1.47. The average Bonchev–Trinajstić information content (AvgIpc) is 2.53. The van der Waals surface area contributed by atoms with Crippen LogP contribution in [0, 0.1) is 0 Å². The quantitative estimate of drug-likeness (QED) is 0.712. The van der Waals surface area contributed by atoms with Crippen LogP contribution in [0.1, 0.15) is 16.3 Å². The molecule has 1 heterocycles. The first kappa shape index (κ1) is 9.61. The zero-order chi connectivity index (χ0) is 8.81. The molecular formula is C8H13FN2S. The summed E-state index contributed by atoms with van der Waals surface area (Å²) < 4.78 is 12.1. The number of rotatable bonds is 5. The van der Waals surface area contributed by atoms with Crippen LogP contribution in [0.15, 0.2) is 6.20 Å². The summed E-state index contributed by atoms with van der Waals surface area (Å²) in [6.45, 7) is 0.605. The third kappa shape index (κ3) is 2.87. The van der Waals surface area contributed by atoms with Crippen LogP contribution in [0.4, 0.5) is 4.39 Å². The van der Waals surface area contributed by atoms with E-state index >= 15 is 0 Å². The van der Waals surface area contributed by atoms with Crippen LogP contribution in [0.5, 0.6) is 0 Å². The zero-order valence-electron chi connectivity index (χ0n) is 7.14. The smallest absolute Gasteiger partial charge is 0.125 e.